The van der Waals surface area contributed by atoms with E-state index in [1.54, 1.807) is 24.3 Å². The third kappa shape index (κ3) is 5.24. The summed E-state index contributed by atoms with van der Waals surface area (Å²) in [4.78, 5) is 24.6. The molecule has 3 rings (SSSR count). The van der Waals surface area contributed by atoms with Crippen molar-refractivity contribution in [3.63, 3.8) is 0 Å². The van der Waals surface area contributed by atoms with Gasteiger partial charge in [-0.1, -0.05) is 6.07 Å². The standard InChI is InChI=1S/C21H23NO7S/c1-2-28-18-8-6-16(7-9-18)20(23)15-29-21(24)17-4-3-5-19(14-17)30(25,26)22-10-12-27-13-11-22/h3-9,14H,2,10-13,15H2,1H3. The molecule has 0 aromatic heterocycles. The minimum atomic E-state index is -3.73. The number of ketones is 1. The van der Waals surface area contributed by atoms with E-state index in [4.69, 9.17) is 14.2 Å². The van der Waals surface area contributed by atoms with Gasteiger partial charge in [0.2, 0.25) is 10.0 Å². The molecular formula is C21H23NO7S. The zero-order valence-electron chi connectivity index (χ0n) is 16.6. The fourth-order valence-electron chi connectivity index (χ4n) is 2.92. The van der Waals surface area contributed by atoms with E-state index < -0.39 is 22.6 Å². The summed E-state index contributed by atoms with van der Waals surface area (Å²) in [5.41, 5.74) is 0.443. The Morgan fingerprint density at radius 1 is 1.03 bits per heavy atom. The summed E-state index contributed by atoms with van der Waals surface area (Å²) in [6.07, 6.45) is 0. The van der Waals surface area contributed by atoms with Crippen molar-refractivity contribution in [2.75, 3.05) is 39.5 Å². The van der Waals surface area contributed by atoms with E-state index in [1.165, 1.54) is 28.6 Å². The molecule has 1 aliphatic heterocycles. The van der Waals surface area contributed by atoms with E-state index in [9.17, 15) is 18.0 Å². The lowest BCUT2D eigenvalue weighted by Crippen LogP contribution is -2.40. The van der Waals surface area contributed by atoms with Crippen LogP contribution in [0.4, 0.5) is 0 Å². The Balaban J connectivity index is 1.64. The molecule has 160 valence electrons. The van der Waals surface area contributed by atoms with Crippen molar-refractivity contribution >= 4 is 21.8 Å². The molecule has 2 aromatic carbocycles. The van der Waals surface area contributed by atoms with Gasteiger partial charge in [-0.3, -0.25) is 4.79 Å². The third-order valence-electron chi connectivity index (χ3n) is 4.50. The summed E-state index contributed by atoms with van der Waals surface area (Å²) in [7, 11) is -3.73. The highest BCUT2D eigenvalue weighted by Gasteiger charge is 2.27. The smallest absolute Gasteiger partial charge is 0.338 e. The molecule has 2 aromatic rings. The maximum absolute atomic E-state index is 12.7. The van der Waals surface area contributed by atoms with Crippen LogP contribution in [-0.4, -0.2) is 64.0 Å². The van der Waals surface area contributed by atoms with Gasteiger partial charge in [-0.15, -0.1) is 0 Å². The van der Waals surface area contributed by atoms with Gasteiger partial charge in [0.15, 0.2) is 12.4 Å². The molecule has 8 nitrogen and oxygen atoms in total. The second-order valence-electron chi connectivity index (χ2n) is 6.50. The Labute approximate surface area is 175 Å². The van der Waals surface area contributed by atoms with Crippen molar-refractivity contribution in [3.8, 4) is 5.75 Å². The average molecular weight is 433 g/mol. The molecule has 0 bridgehead atoms. The van der Waals surface area contributed by atoms with Gasteiger partial charge in [0.25, 0.3) is 0 Å². The van der Waals surface area contributed by atoms with Gasteiger partial charge in [0.05, 0.1) is 30.3 Å². The Bertz CT molecular complexity index is 996. The average Bonchev–Trinajstić information content (AvgIpc) is 2.78. The minimum absolute atomic E-state index is 0.00307. The minimum Gasteiger partial charge on any atom is -0.494 e. The Morgan fingerprint density at radius 3 is 2.40 bits per heavy atom. The molecule has 30 heavy (non-hydrogen) atoms. The van der Waals surface area contributed by atoms with E-state index in [2.05, 4.69) is 0 Å². The Hall–Kier alpha value is -2.75. The number of hydrogen-bond donors (Lipinski definition) is 0. The van der Waals surface area contributed by atoms with Crippen LogP contribution >= 0.6 is 0 Å². The number of carbonyl (C=O) groups is 2. The highest BCUT2D eigenvalue weighted by atomic mass is 32.2. The number of rotatable bonds is 8. The number of hydrogen-bond acceptors (Lipinski definition) is 7. The first-order valence-corrected chi connectivity index (χ1v) is 11.0. The van der Waals surface area contributed by atoms with Crippen molar-refractivity contribution in [2.24, 2.45) is 0 Å². The van der Waals surface area contributed by atoms with Gasteiger partial charge in [0.1, 0.15) is 5.75 Å². The van der Waals surface area contributed by atoms with Crippen molar-refractivity contribution in [3.05, 3.63) is 59.7 Å². The third-order valence-corrected chi connectivity index (χ3v) is 6.39. The maximum atomic E-state index is 12.7. The van der Waals surface area contributed by atoms with Gasteiger partial charge < -0.3 is 14.2 Å². The van der Waals surface area contributed by atoms with E-state index >= 15 is 0 Å². The summed E-state index contributed by atoms with van der Waals surface area (Å²) >= 11 is 0. The van der Waals surface area contributed by atoms with Crippen LogP contribution in [0.15, 0.2) is 53.4 Å². The van der Waals surface area contributed by atoms with Crippen LogP contribution in [0.1, 0.15) is 27.6 Å². The predicted octanol–water partition coefficient (Wildman–Crippen LogP) is 2.15. The molecule has 0 unspecified atom stereocenters. The summed E-state index contributed by atoms with van der Waals surface area (Å²) in [6.45, 7) is 3.10. The molecule has 1 fully saturated rings. The van der Waals surface area contributed by atoms with Crippen molar-refractivity contribution in [2.45, 2.75) is 11.8 Å². The molecule has 0 atom stereocenters. The first-order chi connectivity index (χ1) is 14.4. The first-order valence-electron chi connectivity index (χ1n) is 9.53. The van der Waals surface area contributed by atoms with E-state index in [1.807, 2.05) is 6.92 Å². The molecule has 0 N–H and O–H groups in total. The summed E-state index contributed by atoms with van der Waals surface area (Å²) < 4.78 is 42.4. The number of sulfonamides is 1. The number of nitrogens with zero attached hydrogens (tertiary/aromatic N) is 1. The summed E-state index contributed by atoms with van der Waals surface area (Å²) in [5.74, 6) is -0.499. The van der Waals surface area contributed by atoms with E-state index in [-0.39, 0.29) is 29.3 Å². The largest absolute Gasteiger partial charge is 0.494 e. The fraction of sp³-hybridized carbons (Fsp3) is 0.333. The van der Waals surface area contributed by atoms with Crippen LogP contribution in [0.2, 0.25) is 0 Å². The van der Waals surface area contributed by atoms with E-state index in [0.717, 1.165) is 0 Å². The summed E-state index contributed by atoms with van der Waals surface area (Å²) in [5, 5.41) is 0. The van der Waals surface area contributed by atoms with E-state index in [0.29, 0.717) is 31.1 Å². The lowest BCUT2D eigenvalue weighted by atomic mass is 10.1. The van der Waals surface area contributed by atoms with Crippen LogP contribution in [0.5, 0.6) is 5.75 Å². The lowest BCUT2D eigenvalue weighted by molar-refractivity contribution is 0.0474. The van der Waals surface area contributed by atoms with Crippen molar-refractivity contribution < 1.29 is 32.2 Å². The first kappa shape index (κ1) is 21.9. The van der Waals surface area contributed by atoms with Crippen molar-refractivity contribution in [1.29, 1.82) is 0 Å². The predicted molar refractivity (Wildman–Crippen MR) is 108 cm³/mol. The van der Waals surface area contributed by atoms with Crippen LogP contribution in [0.3, 0.4) is 0 Å². The molecule has 1 heterocycles. The Kier molecular flexibility index (Phi) is 7.20. The molecular weight excluding hydrogens is 410 g/mol. The summed E-state index contributed by atoms with van der Waals surface area (Å²) in [6, 6.07) is 12.1. The molecule has 0 spiro atoms. The topological polar surface area (TPSA) is 99.2 Å². The van der Waals surface area contributed by atoms with Gasteiger partial charge in [-0.25, -0.2) is 13.2 Å². The monoisotopic (exact) mass is 433 g/mol. The number of ether oxygens (including phenoxy) is 3. The van der Waals surface area contributed by atoms with Crippen molar-refractivity contribution in [1.82, 2.24) is 4.31 Å². The SMILES string of the molecule is CCOc1ccc(C(=O)COC(=O)c2cccc(S(=O)(=O)N3CCOCC3)c2)cc1. The number of morpholine rings is 1. The molecule has 0 aliphatic carbocycles. The number of esters is 1. The second-order valence-corrected chi connectivity index (χ2v) is 8.44. The van der Waals surface area contributed by atoms with Gasteiger partial charge in [-0.2, -0.15) is 4.31 Å². The highest BCUT2D eigenvalue weighted by molar-refractivity contribution is 7.89. The molecule has 1 aliphatic rings. The molecule has 9 heteroatoms. The normalized spacial score (nSPS) is 14.8. The second kappa shape index (κ2) is 9.84. The molecule has 0 saturated carbocycles. The molecule has 0 amide bonds. The van der Waals surface area contributed by atoms with Crippen LogP contribution in [0.25, 0.3) is 0 Å². The van der Waals surface area contributed by atoms with Gasteiger partial charge >= 0.3 is 5.97 Å². The number of Topliss-reactive ketones (excluding diaryl/α,β-unsaturated/α-hetero) is 1. The zero-order chi connectivity index (χ0) is 21.6. The highest BCUT2D eigenvalue weighted by Crippen LogP contribution is 2.19. The van der Waals surface area contributed by atoms with Gasteiger partial charge in [0, 0.05) is 18.7 Å². The maximum Gasteiger partial charge on any atom is 0.338 e. The quantitative estimate of drug-likeness (QED) is 0.465. The van der Waals surface area contributed by atoms with Crippen LogP contribution in [0, 0.1) is 0 Å². The van der Waals surface area contributed by atoms with Gasteiger partial charge in [-0.05, 0) is 49.4 Å². The Morgan fingerprint density at radius 2 is 1.73 bits per heavy atom. The lowest BCUT2D eigenvalue weighted by Gasteiger charge is -2.26. The zero-order valence-corrected chi connectivity index (χ0v) is 17.4. The number of benzene rings is 2. The fourth-order valence-corrected chi connectivity index (χ4v) is 4.38. The molecule has 0 radical (unpaired) electrons. The number of carbonyl (C=O) groups excluding carboxylic acids is 2. The van der Waals surface area contributed by atoms with Crippen LogP contribution < -0.4 is 4.74 Å². The molecule has 1 saturated heterocycles. The van der Waals surface area contributed by atoms with Crippen LogP contribution in [-0.2, 0) is 19.5 Å².